The number of hydrogen-bond donors (Lipinski definition) is 2. The Hall–Kier alpha value is -1.75. The largest absolute Gasteiger partial charge is 0.481 e. The minimum atomic E-state index is -0.483. The van der Waals surface area contributed by atoms with E-state index >= 15 is 0 Å². The summed E-state index contributed by atoms with van der Waals surface area (Å²) in [7, 11) is 0. The second-order valence-electron chi connectivity index (χ2n) is 3.59. The predicted molar refractivity (Wildman–Crippen MR) is 75.8 cm³/mol. The molecular formula is C13H19ClN2O3. The van der Waals surface area contributed by atoms with Gasteiger partial charge >= 0.3 is 6.09 Å². The fraction of sp³-hybridized carbons (Fsp3) is 0.385. The van der Waals surface area contributed by atoms with E-state index in [-0.39, 0.29) is 24.9 Å². The summed E-state index contributed by atoms with van der Waals surface area (Å²) in [4.78, 5) is 11.3. The van der Waals surface area contributed by atoms with Gasteiger partial charge in [-0.3, -0.25) is 5.41 Å². The molecule has 0 heterocycles. The highest BCUT2D eigenvalue weighted by Gasteiger charge is 2.03. The van der Waals surface area contributed by atoms with Crippen molar-refractivity contribution < 1.29 is 14.3 Å². The highest BCUT2D eigenvalue weighted by Crippen LogP contribution is 2.00. The highest BCUT2D eigenvalue weighted by atomic mass is 35.5. The summed E-state index contributed by atoms with van der Waals surface area (Å²) in [6, 6.07) is 9.46. The lowest BCUT2D eigenvalue weighted by Crippen LogP contribution is -2.27. The molecule has 0 unspecified atom stereocenters. The van der Waals surface area contributed by atoms with E-state index < -0.39 is 6.09 Å². The second-order valence-corrected chi connectivity index (χ2v) is 3.59. The molecule has 0 aliphatic rings. The quantitative estimate of drug-likeness (QED) is 0.624. The average Bonchev–Trinajstić information content (AvgIpc) is 2.38. The molecule has 6 heteroatoms. The molecule has 1 aromatic carbocycles. The van der Waals surface area contributed by atoms with E-state index in [1.807, 2.05) is 37.3 Å². The van der Waals surface area contributed by atoms with Crippen LogP contribution in [0.3, 0.4) is 0 Å². The summed E-state index contributed by atoms with van der Waals surface area (Å²) in [6.07, 6.45) is -0.114. The van der Waals surface area contributed by atoms with Gasteiger partial charge < -0.3 is 14.8 Å². The molecule has 0 spiro atoms. The van der Waals surface area contributed by atoms with Crippen molar-refractivity contribution >= 4 is 24.4 Å². The zero-order valence-electron chi connectivity index (χ0n) is 10.8. The zero-order valence-corrected chi connectivity index (χ0v) is 11.7. The molecule has 1 amide bonds. The van der Waals surface area contributed by atoms with Crippen LogP contribution in [0.2, 0.25) is 0 Å². The fourth-order valence-electron chi connectivity index (χ4n) is 1.30. The number of ether oxygens (including phenoxy) is 2. The third-order valence-electron chi connectivity index (χ3n) is 2.15. The molecule has 19 heavy (non-hydrogen) atoms. The van der Waals surface area contributed by atoms with E-state index in [1.54, 1.807) is 0 Å². The Morgan fingerprint density at radius 3 is 2.58 bits per heavy atom. The average molecular weight is 287 g/mol. The smallest absolute Gasteiger partial charge is 0.407 e. The molecule has 0 bridgehead atoms. The van der Waals surface area contributed by atoms with Gasteiger partial charge in [-0.1, -0.05) is 30.3 Å². The maximum atomic E-state index is 11.3. The summed E-state index contributed by atoms with van der Waals surface area (Å²) >= 11 is 0. The Balaban J connectivity index is 0.00000324. The van der Waals surface area contributed by atoms with E-state index in [2.05, 4.69) is 5.32 Å². The van der Waals surface area contributed by atoms with Gasteiger partial charge in [-0.15, -0.1) is 12.4 Å². The van der Waals surface area contributed by atoms with Crippen molar-refractivity contribution in [3.05, 3.63) is 35.9 Å². The van der Waals surface area contributed by atoms with Crippen LogP contribution in [0.4, 0.5) is 4.79 Å². The molecule has 0 saturated heterocycles. The van der Waals surface area contributed by atoms with E-state index in [1.165, 1.54) is 0 Å². The number of benzene rings is 1. The van der Waals surface area contributed by atoms with Crippen LogP contribution in [0.25, 0.3) is 0 Å². The van der Waals surface area contributed by atoms with Crippen molar-refractivity contribution in [2.45, 2.75) is 20.0 Å². The number of halogens is 1. The summed E-state index contributed by atoms with van der Waals surface area (Å²) < 4.78 is 9.95. The number of carbonyl (C=O) groups excluding carboxylic acids is 1. The van der Waals surface area contributed by atoms with Crippen molar-refractivity contribution in [3.8, 4) is 0 Å². The molecule has 0 aliphatic heterocycles. The normalized spacial score (nSPS) is 9.11. The number of amides is 1. The van der Waals surface area contributed by atoms with E-state index in [0.717, 1.165) is 5.56 Å². The molecule has 0 aliphatic carbocycles. The first-order valence-electron chi connectivity index (χ1n) is 5.87. The van der Waals surface area contributed by atoms with Crippen molar-refractivity contribution in [1.29, 1.82) is 5.41 Å². The van der Waals surface area contributed by atoms with Crippen LogP contribution in [-0.2, 0) is 16.1 Å². The van der Waals surface area contributed by atoms with Gasteiger partial charge in [-0.05, 0) is 12.5 Å². The van der Waals surface area contributed by atoms with E-state index in [0.29, 0.717) is 19.6 Å². The maximum Gasteiger partial charge on any atom is 0.407 e. The summed E-state index contributed by atoms with van der Waals surface area (Å²) in [5.74, 6) is 0.167. The predicted octanol–water partition coefficient (Wildman–Crippen LogP) is 2.74. The monoisotopic (exact) mass is 286 g/mol. The van der Waals surface area contributed by atoms with Crippen LogP contribution in [0.15, 0.2) is 30.3 Å². The first-order valence-corrected chi connectivity index (χ1v) is 5.87. The number of nitrogens with one attached hydrogen (secondary N) is 2. The highest BCUT2D eigenvalue weighted by molar-refractivity contribution is 5.85. The molecule has 5 nitrogen and oxygen atoms in total. The Labute approximate surface area is 119 Å². The molecule has 0 aromatic heterocycles. The van der Waals surface area contributed by atoms with E-state index in [4.69, 9.17) is 14.9 Å². The van der Waals surface area contributed by atoms with E-state index in [9.17, 15) is 4.79 Å². The Bertz CT molecular complexity index is 385. The minimum Gasteiger partial charge on any atom is -0.481 e. The first kappa shape index (κ1) is 17.2. The zero-order chi connectivity index (χ0) is 13.2. The molecule has 106 valence electrons. The third-order valence-corrected chi connectivity index (χ3v) is 2.15. The van der Waals surface area contributed by atoms with Crippen LogP contribution in [0, 0.1) is 5.41 Å². The molecule has 0 radical (unpaired) electrons. The van der Waals surface area contributed by atoms with Crippen LogP contribution in [0.5, 0.6) is 0 Å². The van der Waals surface area contributed by atoms with Gasteiger partial charge in [0, 0.05) is 13.0 Å². The van der Waals surface area contributed by atoms with Gasteiger partial charge in [0.2, 0.25) is 0 Å². The van der Waals surface area contributed by atoms with Crippen LogP contribution >= 0.6 is 12.4 Å². The van der Waals surface area contributed by atoms with Gasteiger partial charge in [-0.2, -0.15) is 0 Å². The topological polar surface area (TPSA) is 71.4 Å². The number of carbonyl (C=O) groups is 1. The third kappa shape index (κ3) is 8.05. The lowest BCUT2D eigenvalue weighted by molar-refractivity contribution is 0.140. The molecule has 0 fully saturated rings. The maximum absolute atomic E-state index is 11.3. The number of hydrogen-bond acceptors (Lipinski definition) is 4. The van der Waals surface area contributed by atoms with Crippen LogP contribution in [-0.4, -0.2) is 25.1 Å². The standard InChI is InChI=1S/C13H18N2O3.ClH/c1-2-17-12(14)8-9-15-13(16)18-10-11-6-4-3-5-7-11;/h3-7,14H,2,8-10H2,1H3,(H,15,16);1H. The van der Waals surface area contributed by atoms with Gasteiger partial charge in [0.05, 0.1) is 6.61 Å². The molecule has 0 saturated carbocycles. The Morgan fingerprint density at radius 1 is 1.26 bits per heavy atom. The lowest BCUT2D eigenvalue weighted by atomic mass is 10.2. The van der Waals surface area contributed by atoms with Gasteiger partial charge in [0.15, 0.2) is 5.90 Å². The lowest BCUT2D eigenvalue weighted by Gasteiger charge is -2.07. The molecule has 1 aromatic rings. The first-order chi connectivity index (χ1) is 8.72. The minimum absolute atomic E-state index is 0. The number of alkyl carbamates (subject to hydrolysis) is 1. The number of rotatable bonds is 6. The van der Waals surface area contributed by atoms with Gasteiger partial charge in [-0.25, -0.2) is 4.79 Å². The Morgan fingerprint density at radius 2 is 1.95 bits per heavy atom. The van der Waals surface area contributed by atoms with Gasteiger partial charge in [0.1, 0.15) is 6.61 Å². The van der Waals surface area contributed by atoms with Crippen molar-refractivity contribution in [2.75, 3.05) is 13.2 Å². The van der Waals surface area contributed by atoms with Crippen molar-refractivity contribution in [2.24, 2.45) is 0 Å². The van der Waals surface area contributed by atoms with Crippen LogP contribution in [0.1, 0.15) is 18.9 Å². The summed E-state index contributed by atoms with van der Waals surface area (Å²) in [5, 5.41) is 9.92. The van der Waals surface area contributed by atoms with Crippen molar-refractivity contribution in [3.63, 3.8) is 0 Å². The summed E-state index contributed by atoms with van der Waals surface area (Å²) in [5.41, 5.74) is 0.940. The molecule has 2 N–H and O–H groups in total. The summed E-state index contributed by atoms with van der Waals surface area (Å²) in [6.45, 7) is 2.87. The Kier molecular flexibility index (Phi) is 9.26. The molecule has 1 rings (SSSR count). The van der Waals surface area contributed by atoms with Crippen molar-refractivity contribution in [1.82, 2.24) is 5.32 Å². The molecule has 0 atom stereocenters. The molecular weight excluding hydrogens is 268 g/mol. The fourth-order valence-corrected chi connectivity index (χ4v) is 1.30. The van der Waals surface area contributed by atoms with Gasteiger partial charge in [0.25, 0.3) is 0 Å². The van der Waals surface area contributed by atoms with Crippen LogP contribution < -0.4 is 5.32 Å². The second kappa shape index (κ2) is 10.2. The SMILES string of the molecule is CCOC(=N)CCNC(=O)OCc1ccccc1.Cl.